The van der Waals surface area contributed by atoms with Gasteiger partial charge < -0.3 is 10.6 Å². The van der Waals surface area contributed by atoms with Gasteiger partial charge in [-0.1, -0.05) is 6.92 Å². The molecule has 0 radical (unpaired) electrons. The van der Waals surface area contributed by atoms with E-state index in [4.69, 9.17) is 5.73 Å². The highest BCUT2D eigenvalue weighted by Crippen LogP contribution is 2.40. The van der Waals surface area contributed by atoms with Crippen LogP contribution in [0.3, 0.4) is 0 Å². The van der Waals surface area contributed by atoms with Crippen LogP contribution in [0.1, 0.15) is 18.9 Å². The summed E-state index contributed by atoms with van der Waals surface area (Å²) in [5.41, 5.74) is 9.97. The van der Waals surface area contributed by atoms with Crippen LogP contribution in [0.15, 0.2) is 18.2 Å². The van der Waals surface area contributed by atoms with Gasteiger partial charge >= 0.3 is 0 Å². The lowest BCUT2D eigenvalue weighted by Crippen LogP contribution is -2.75. The van der Waals surface area contributed by atoms with Crippen molar-refractivity contribution in [3.05, 3.63) is 23.8 Å². The standard InChI is InChI=1S/C14H21N3/c1-3-11-8-12(4-5-13(11)15)17-9-14(10-17)6-7-16(14)2/h4-5,8H,3,6-7,9-10,15H2,1-2H3. The van der Waals surface area contributed by atoms with E-state index in [1.165, 1.54) is 37.3 Å². The number of likely N-dealkylation sites (N-methyl/N-ethyl adjacent to an activating group) is 1. The third kappa shape index (κ3) is 1.53. The molecule has 3 nitrogen and oxygen atoms in total. The number of aryl methyl sites for hydroxylation is 1. The molecule has 3 rings (SSSR count). The molecule has 1 spiro atoms. The summed E-state index contributed by atoms with van der Waals surface area (Å²) in [5.74, 6) is 0. The minimum atomic E-state index is 0.494. The SMILES string of the molecule is CCc1cc(N2CC3(CCN3C)C2)ccc1N. The van der Waals surface area contributed by atoms with Crippen LogP contribution in [0.2, 0.25) is 0 Å². The summed E-state index contributed by atoms with van der Waals surface area (Å²) in [6, 6.07) is 6.45. The van der Waals surface area contributed by atoms with Crippen molar-refractivity contribution >= 4 is 11.4 Å². The van der Waals surface area contributed by atoms with E-state index in [1.54, 1.807) is 0 Å². The minimum Gasteiger partial charge on any atom is -0.399 e. The third-order valence-electron chi connectivity index (χ3n) is 4.57. The summed E-state index contributed by atoms with van der Waals surface area (Å²) in [6.45, 7) is 5.77. The zero-order valence-corrected chi connectivity index (χ0v) is 10.7. The maximum atomic E-state index is 5.95. The lowest BCUT2D eigenvalue weighted by atomic mass is 9.78. The summed E-state index contributed by atoms with van der Waals surface area (Å²) < 4.78 is 0. The van der Waals surface area contributed by atoms with E-state index in [0.29, 0.717) is 5.54 Å². The highest BCUT2D eigenvalue weighted by atomic mass is 15.4. The highest BCUT2D eigenvalue weighted by molar-refractivity contribution is 5.60. The van der Waals surface area contributed by atoms with Crippen molar-refractivity contribution in [1.29, 1.82) is 0 Å². The minimum absolute atomic E-state index is 0.494. The second-order valence-electron chi connectivity index (χ2n) is 5.49. The van der Waals surface area contributed by atoms with E-state index in [9.17, 15) is 0 Å². The van der Waals surface area contributed by atoms with Crippen LogP contribution in [0.4, 0.5) is 11.4 Å². The topological polar surface area (TPSA) is 32.5 Å². The summed E-state index contributed by atoms with van der Waals surface area (Å²) in [7, 11) is 2.24. The number of rotatable bonds is 2. The quantitative estimate of drug-likeness (QED) is 0.787. The van der Waals surface area contributed by atoms with Crippen LogP contribution in [0.25, 0.3) is 0 Å². The van der Waals surface area contributed by atoms with Crippen molar-refractivity contribution in [3.8, 4) is 0 Å². The fourth-order valence-corrected chi connectivity index (χ4v) is 2.99. The Labute approximate surface area is 103 Å². The molecule has 2 N–H and O–H groups in total. The molecule has 2 aliphatic rings. The molecule has 0 atom stereocenters. The molecular weight excluding hydrogens is 210 g/mol. The summed E-state index contributed by atoms with van der Waals surface area (Å²) in [6.07, 6.45) is 2.37. The Hall–Kier alpha value is -1.22. The van der Waals surface area contributed by atoms with E-state index in [-0.39, 0.29) is 0 Å². The summed E-state index contributed by atoms with van der Waals surface area (Å²) >= 11 is 0. The molecule has 2 heterocycles. The molecule has 0 aromatic heterocycles. The molecule has 0 unspecified atom stereocenters. The smallest absolute Gasteiger partial charge is 0.0569 e. The number of nitrogens with two attached hydrogens (primary N) is 1. The average Bonchev–Trinajstić information content (AvgIpc) is 2.27. The molecule has 0 aliphatic carbocycles. The van der Waals surface area contributed by atoms with E-state index in [1.807, 2.05) is 6.07 Å². The normalized spacial score (nSPS) is 22.4. The number of nitrogens with zero attached hydrogens (tertiary/aromatic N) is 2. The molecule has 3 heteroatoms. The van der Waals surface area contributed by atoms with Crippen LogP contribution in [-0.4, -0.2) is 37.1 Å². The Bertz CT molecular complexity index is 435. The van der Waals surface area contributed by atoms with Gasteiger partial charge in [0.05, 0.1) is 5.54 Å². The molecular formula is C14H21N3. The molecule has 0 amide bonds. The highest BCUT2D eigenvalue weighted by Gasteiger charge is 2.51. The van der Waals surface area contributed by atoms with Gasteiger partial charge in [0.15, 0.2) is 0 Å². The van der Waals surface area contributed by atoms with Crippen LogP contribution in [0, 0.1) is 0 Å². The molecule has 2 fully saturated rings. The number of anilines is 2. The van der Waals surface area contributed by atoms with Gasteiger partial charge in [0.2, 0.25) is 0 Å². The molecule has 0 bridgehead atoms. The molecule has 17 heavy (non-hydrogen) atoms. The Morgan fingerprint density at radius 1 is 1.35 bits per heavy atom. The first kappa shape index (κ1) is 10.9. The van der Waals surface area contributed by atoms with E-state index < -0.39 is 0 Å². The molecule has 1 aromatic carbocycles. The van der Waals surface area contributed by atoms with Gasteiger partial charge in [-0.25, -0.2) is 0 Å². The Balaban J connectivity index is 1.74. The lowest BCUT2D eigenvalue weighted by molar-refractivity contribution is -0.0127. The number of nitrogen functional groups attached to an aromatic ring is 1. The molecule has 92 valence electrons. The number of benzene rings is 1. The predicted octanol–water partition coefficient (Wildman–Crippen LogP) is 1.73. The summed E-state index contributed by atoms with van der Waals surface area (Å²) in [4.78, 5) is 4.95. The van der Waals surface area contributed by atoms with Gasteiger partial charge in [-0.05, 0) is 43.7 Å². The van der Waals surface area contributed by atoms with Crippen LogP contribution < -0.4 is 10.6 Å². The van der Waals surface area contributed by atoms with Gasteiger partial charge in [0.25, 0.3) is 0 Å². The zero-order chi connectivity index (χ0) is 12.0. The largest absolute Gasteiger partial charge is 0.399 e. The first-order chi connectivity index (χ1) is 8.14. The zero-order valence-electron chi connectivity index (χ0n) is 10.7. The van der Waals surface area contributed by atoms with Crippen molar-refractivity contribution in [2.45, 2.75) is 25.3 Å². The van der Waals surface area contributed by atoms with E-state index >= 15 is 0 Å². The Morgan fingerprint density at radius 3 is 2.65 bits per heavy atom. The van der Waals surface area contributed by atoms with Gasteiger partial charge in [0.1, 0.15) is 0 Å². The van der Waals surface area contributed by atoms with Gasteiger partial charge in [-0.15, -0.1) is 0 Å². The number of hydrogen-bond acceptors (Lipinski definition) is 3. The summed E-state index contributed by atoms with van der Waals surface area (Å²) in [5, 5.41) is 0. The van der Waals surface area contributed by atoms with Crippen molar-refractivity contribution in [2.24, 2.45) is 0 Å². The second-order valence-corrected chi connectivity index (χ2v) is 5.49. The van der Waals surface area contributed by atoms with Crippen molar-refractivity contribution in [3.63, 3.8) is 0 Å². The van der Waals surface area contributed by atoms with Gasteiger partial charge in [0, 0.05) is 31.0 Å². The van der Waals surface area contributed by atoms with Gasteiger partial charge in [-0.2, -0.15) is 0 Å². The fraction of sp³-hybridized carbons (Fsp3) is 0.571. The Morgan fingerprint density at radius 2 is 2.12 bits per heavy atom. The third-order valence-corrected chi connectivity index (χ3v) is 4.57. The molecule has 2 aliphatic heterocycles. The number of likely N-dealkylation sites (tertiary alicyclic amines) is 1. The Kier molecular flexibility index (Phi) is 2.33. The number of hydrogen-bond donors (Lipinski definition) is 1. The maximum absolute atomic E-state index is 5.95. The van der Waals surface area contributed by atoms with E-state index in [2.05, 4.69) is 35.9 Å². The molecule has 2 saturated heterocycles. The van der Waals surface area contributed by atoms with Crippen molar-refractivity contribution in [1.82, 2.24) is 4.90 Å². The lowest BCUT2D eigenvalue weighted by Gasteiger charge is -2.62. The van der Waals surface area contributed by atoms with Crippen LogP contribution in [0.5, 0.6) is 0 Å². The maximum Gasteiger partial charge on any atom is 0.0569 e. The molecule has 1 aromatic rings. The second kappa shape index (κ2) is 3.64. The van der Waals surface area contributed by atoms with Gasteiger partial charge in [-0.3, -0.25) is 4.90 Å². The fourth-order valence-electron chi connectivity index (χ4n) is 2.99. The van der Waals surface area contributed by atoms with Crippen molar-refractivity contribution < 1.29 is 0 Å². The molecule has 0 saturated carbocycles. The van der Waals surface area contributed by atoms with E-state index in [0.717, 1.165) is 12.1 Å². The van der Waals surface area contributed by atoms with Crippen LogP contribution >= 0.6 is 0 Å². The van der Waals surface area contributed by atoms with Crippen LogP contribution in [-0.2, 0) is 6.42 Å². The van der Waals surface area contributed by atoms with Crippen molar-refractivity contribution in [2.75, 3.05) is 37.3 Å². The monoisotopic (exact) mass is 231 g/mol. The first-order valence-corrected chi connectivity index (χ1v) is 6.49. The average molecular weight is 231 g/mol. The predicted molar refractivity (Wildman–Crippen MR) is 72.4 cm³/mol. The first-order valence-electron chi connectivity index (χ1n) is 6.49.